The van der Waals surface area contributed by atoms with E-state index in [1.807, 2.05) is 0 Å². The van der Waals surface area contributed by atoms with Gasteiger partial charge in [0.25, 0.3) is 0 Å². The zero-order valence-electron chi connectivity index (χ0n) is 7.66. The number of nitrogens with one attached hydrogen (secondary N) is 1. The first-order chi connectivity index (χ1) is 6.04. The lowest BCUT2D eigenvalue weighted by molar-refractivity contribution is 0.0692. The third kappa shape index (κ3) is 3.16. The summed E-state index contributed by atoms with van der Waals surface area (Å²) in [5, 5.41) is 16.0. The fourth-order valence-electron chi connectivity index (χ4n) is 0.710. The van der Waals surface area contributed by atoms with Gasteiger partial charge in [-0.05, 0) is 19.4 Å². The van der Waals surface area contributed by atoms with Crippen LogP contribution in [-0.2, 0) is 0 Å². The molecule has 13 heavy (non-hydrogen) atoms. The Balaban J connectivity index is 0.000000424. The number of hydrogen-bond acceptors (Lipinski definition) is 3. The third-order valence-corrected chi connectivity index (χ3v) is 1.34. The number of aromatic nitrogens is 1. The zero-order chi connectivity index (χ0) is 10.4. The number of aliphatic hydroxyl groups is 1. The molecule has 1 aromatic heterocycles. The largest absolute Gasteiger partial charge is 0.477 e. The van der Waals surface area contributed by atoms with E-state index in [0.29, 0.717) is 5.69 Å². The van der Waals surface area contributed by atoms with Crippen molar-refractivity contribution in [3.8, 4) is 0 Å². The fraction of sp³-hybridized carbons (Fsp3) is 0.375. The number of carboxylic acids is 1. The molecule has 74 valence electrons. The molecule has 5 N–H and O–H groups in total. The van der Waals surface area contributed by atoms with Crippen molar-refractivity contribution in [1.29, 1.82) is 0 Å². The van der Waals surface area contributed by atoms with Gasteiger partial charge in [0.05, 0.1) is 5.69 Å². The van der Waals surface area contributed by atoms with E-state index < -0.39 is 5.97 Å². The number of carboxylic acid groups (broad SMARTS) is 1. The van der Waals surface area contributed by atoms with E-state index in [0.717, 1.165) is 5.56 Å². The molecular formula is C8H14N2O3. The maximum absolute atomic E-state index is 10.3. The lowest BCUT2D eigenvalue weighted by Crippen LogP contribution is -2.00. The molecule has 0 radical (unpaired) electrons. The Kier molecular flexibility index (Phi) is 4.61. The number of aryl methyl sites for hydroxylation is 1. The second-order valence-electron chi connectivity index (χ2n) is 2.38. The van der Waals surface area contributed by atoms with Gasteiger partial charge in [-0.3, -0.25) is 0 Å². The number of anilines is 1. The Morgan fingerprint density at radius 1 is 1.69 bits per heavy atom. The molecule has 0 aromatic carbocycles. The van der Waals surface area contributed by atoms with Crippen LogP contribution in [0.2, 0.25) is 0 Å². The monoisotopic (exact) mass is 186 g/mol. The summed E-state index contributed by atoms with van der Waals surface area (Å²) in [7, 11) is 0. The van der Waals surface area contributed by atoms with Crippen molar-refractivity contribution < 1.29 is 15.0 Å². The Hall–Kier alpha value is -1.49. The van der Waals surface area contributed by atoms with Crippen molar-refractivity contribution in [2.24, 2.45) is 0 Å². The minimum atomic E-state index is -1.02. The highest BCUT2D eigenvalue weighted by molar-refractivity contribution is 5.92. The average molecular weight is 186 g/mol. The van der Waals surface area contributed by atoms with Crippen molar-refractivity contribution in [1.82, 2.24) is 4.98 Å². The molecule has 0 saturated heterocycles. The highest BCUT2D eigenvalue weighted by Crippen LogP contribution is 2.14. The zero-order valence-corrected chi connectivity index (χ0v) is 7.66. The van der Waals surface area contributed by atoms with Gasteiger partial charge in [0.15, 0.2) is 0 Å². The minimum absolute atomic E-state index is 0.0671. The molecule has 1 aromatic rings. The van der Waals surface area contributed by atoms with Crippen LogP contribution < -0.4 is 5.73 Å². The highest BCUT2D eigenvalue weighted by Gasteiger charge is 2.10. The van der Waals surface area contributed by atoms with Crippen molar-refractivity contribution >= 4 is 11.7 Å². The van der Waals surface area contributed by atoms with Gasteiger partial charge in [0, 0.05) is 12.8 Å². The molecular weight excluding hydrogens is 172 g/mol. The van der Waals surface area contributed by atoms with Gasteiger partial charge in [0.2, 0.25) is 0 Å². The van der Waals surface area contributed by atoms with Crippen molar-refractivity contribution in [2.45, 2.75) is 13.8 Å². The predicted molar refractivity (Wildman–Crippen MR) is 49.7 cm³/mol. The number of carbonyl (C=O) groups is 1. The summed E-state index contributed by atoms with van der Waals surface area (Å²) >= 11 is 0. The number of nitrogen functional groups attached to an aromatic ring is 1. The smallest absolute Gasteiger partial charge is 0.354 e. The summed E-state index contributed by atoms with van der Waals surface area (Å²) in [6, 6.07) is 0. The number of rotatable bonds is 1. The fourth-order valence-corrected chi connectivity index (χ4v) is 0.710. The predicted octanol–water partition coefficient (Wildman–Crippen LogP) is 0.602. The molecule has 1 rings (SSSR count). The van der Waals surface area contributed by atoms with Gasteiger partial charge in [-0.2, -0.15) is 0 Å². The molecule has 0 saturated carbocycles. The molecule has 5 nitrogen and oxygen atoms in total. The number of aromatic amines is 1. The molecule has 0 atom stereocenters. The second-order valence-corrected chi connectivity index (χ2v) is 2.38. The normalized spacial score (nSPS) is 8.85. The van der Waals surface area contributed by atoms with Crippen LogP contribution in [0.1, 0.15) is 23.0 Å². The molecule has 5 heteroatoms. The molecule has 1 heterocycles. The first-order valence-corrected chi connectivity index (χ1v) is 3.82. The van der Waals surface area contributed by atoms with E-state index in [-0.39, 0.29) is 12.3 Å². The Labute approximate surface area is 76.2 Å². The SMILES string of the molecule is CCO.Cc1c[nH]c(C(=O)O)c1N. The molecule has 0 fully saturated rings. The Bertz CT molecular complexity index is 281. The molecule has 0 amide bonds. The van der Waals surface area contributed by atoms with Crippen LogP contribution in [-0.4, -0.2) is 27.8 Å². The molecule has 0 aliphatic carbocycles. The van der Waals surface area contributed by atoms with Gasteiger partial charge in [-0.25, -0.2) is 4.79 Å². The number of hydrogen-bond donors (Lipinski definition) is 4. The van der Waals surface area contributed by atoms with E-state index in [4.69, 9.17) is 15.9 Å². The van der Waals surface area contributed by atoms with Crippen LogP contribution >= 0.6 is 0 Å². The summed E-state index contributed by atoms with van der Waals surface area (Å²) in [5.41, 5.74) is 6.53. The maximum Gasteiger partial charge on any atom is 0.354 e. The van der Waals surface area contributed by atoms with Crippen LogP contribution in [0.4, 0.5) is 5.69 Å². The lowest BCUT2D eigenvalue weighted by atomic mass is 10.3. The first kappa shape index (κ1) is 11.5. The highest BCUT2D eigenvalue weighted by atomic mass is 16.4. The minimum Gasteiger partial charge on any atom is -0.477 e. The lowest BCUT2D eigenvalue weighted by Gasteiger charge is -1.90. The van der Waals surface area contributed by atoms with Crippen LogP contribution in [0.3, 0.4) is 0 Å². The summed E-state index contributed by atoms with van der Waals surface area (Å²) in [5.74, 6) is -1.02. The van der Waals surface area contributed by atoms with Crippen LogP contribution in [0.5, 0.6) is 0 Å². The van der Waals surface area contributed by atoms with E-state index in [1.165, 1.54) is 0 Å². The summed E-state index contributed by atoms with van der Waals surface area (Å²) in [4.78, 5) is 12.9. The van der Waals surface area contributed by atoms with Crippen LogP contribution in [0.15, 0.2) is 6.20 Å². The van der Waals surface area contributed by atoms with Crippen molar-refractivity contribution in [3.05, 3.63) is 17.5 Å². The third-order valence-electron chi connectivity index (χ3n) is 1.34. The number of nitrogens with two attached hydrogens (primary N) is 1. The summed E-state index contributed by atoms with van der Waals surface area (Å²) < 4.78 is 0. The number of H-pyrrole nitrogens is 1. The van der Waals surface area contributed by atoms with Crippen LogP contribution in [0, 0.1) is 6.92 Å². The van der Waals surface area contributed by atoms with Gasteiger partial charge in [-0.1, -0.05) is 0 Å². The molecule has 0 spiro atoms. The first-order valence-electron chi connectivity index (χ1n) is 3.82. The topological polar surface area (TPSA) is 99.3 Å². The Morgan fingerprint density at radius 2 is 2.15 bits per heavy atom. The van der Waals surface area contributed by atoms with E-state index >= 15 is 0 Å². The van der Waals surface area contributed by atoms with Gasteiger partial charge in [-0.15, -0.1) is 0 Å². The van der Waals surface area contributed by atoms with E-state index in [9.17, 15) is 4.79 Å². The summed E-state index contributed by atoms with van der Waals surface area (Å²) in [6.45, 7) is 3.68. The van der Waals surface area contributed by atoms with Crippen LogP contribution in [0.25, 0.3) is 0 Å². The number of aliphatic hydroxyl groups excluding tert-OH is 1. The molecule has 0 aliphatic rings. The molecule has 0 aliphatic heterocycles. The standard InChI is InChI=1S/C6H8N2O2.C2H6O/c1-3-2-8-5(4(3)7)6(9)10;1-2-3/h2,8H,7H2,1H3,(H,9,10);3H,2H2,1H3. The average Bonchev–Trinajstić information content (AvgIpc) is 2.34. The summed E-state index contributed by atoms with van der Waals surface area (Å²) in [6.07, 6.45) is 1.57. The quantitative estimate of drug-likeness (QED) is 0.516. The molecule has 0 bridgehead atoms. The molecule has 0 unspecified atom stereocenters. The Morgan fingerprint density at radius 3 is 2.31 bits per heavy atom. The second kappa shape index (κ2) is 5.21. The number of aromatic carboxylic acids is 1. The van der Waals surface area contributed by atoms with E-state index in [1.54, 1.807) is 20.0 Å². The van der Waals surface area contributed by atoms with Gasteiger partial charge >= 0.3 is 5.97 Å². The van der Waals surface area contributed by atoms with Gasteiger partial charge < -0.3 is 20.9 Å². The van der Waals surface area contributed by atoms with Crippen molar-refractivity contribution in [2.75, 3.05) is 12.3 Å². The van der Waals surface area contributed by atoms with Crippen molar-refractivity contribution in [3.63, 3.8) is 0 Å². The van der Waals surface area contributed by atoms with Gasteiger partial charge in [0.1, 0.15) is 5.69 Å². The maximum atomic E-state index is 10.3. The van der Waals surface area contributed by atoms with E-state index in [2.05, 4.69) is 4.98 Å².